The Morgan fingerprint density at radius 2 is 2.15 bits per heavy atom. The summed E-state index contributed by atoms with van der Waals surface area (Å²) in [5.74, 6) is -0.0138. The first kappa shape index (κ1) is 22.8. The average molecular weight is 469 g/mol. The van der Waals surface area contributed by atoms with E-state index >= 15 is 0 Å². The van der Waals surface area contributed by atoms with Crippen LogP contribution in [0.5, 0.6) is 0 Å². The number of fused-ring (bicyclic) bond motifs is 1. The summed E-state index contributed by atoms with van der Waals surface area (Å²) in [7, 11) is 1.86. The van der Waals surface area contributed by atoms with E-state index in [0.717, 1.165) is 47.2 Å². The lowest BCUT2D eigenvalue weighted by Gasteiger charge is -2.33. The lowest BCUT2D eigenvalue weighted by atomic mass is 10.1. The van der Waals surface area contributed by atoms with Crippen LogP contribution in [0.25, 0.3) is 22.4 Å². The van der Waals surface area contributed by atoms with Gasteiger partial charge in [0.05, 0.1) is 23.0 Å². The molecule has 1 saturated heterocycles. The number of amides is 1. The van der Waals surface area contributed by atoms with E-state index in [4.69, 9.17) is 4.42 Å². The van der Waals surface area contributed by atoms with Gasteiger partial charge in [0.1, 0.15) is 6.26 Å². The summed E-state index contributed by atoms with van der Waals surface area (Å²) in [4.78, 5) is 23.7. The van der Waals surface area contributed by atoms with Crippen molar-refractivity contribution in [3.05, 3.63) is 54.3 Å². The zero-order valence-corrected chi connectivity index (χ0v) is 19.2. The first-order chi connectivity index (χ1) is 15.5. The molecule has 1 aliphatic heterocycles. The minimum absolute atomic E-state index is 0. The SMILES string of the molecule is Cc1cc(-c2nc(C(=O)Nc3cc4nn(C)cc4cc3N3CCCC(O)C3)co2)ccn1.Cl. The molecule has 0 saturated carbocycles. The maximum atomic E-state index is 13.0. The summed E-state index contributed by atoms with van der Waals surface area (Å²) in [6, 6.07) is 7.50. The van der Waals surface area contributed by atoms with Gasteiger partial charge in [-0.1, -0.05) is 0 Å². The minimum atomic E-state index is -0.390. The molecular weight excluding hydrogens is 444 g/mol. The number of aliphatic hydroxyl groups excluding tert-OH is 1. The molecule has 9 nitrogen and oxygen atoms in total. The molecule has 5 rings (SSSR count). The smallest absolute Gasteiger partial charge is 0.277 e. The molecular formula is C23H25ClN6O3. The summed E-state index contributed by atoms with van der Waals surface area (Å²) in [5, 5.41) is 18.6. The van der Waals surface area contributed by atoms with Gasteiger partial charge in [-0.05, 0) is 44.0 Å². The fourth-order valence-corrected chi connectivity index (χ4v) is 4.09. The van der Waals surface area contributed by atoms with Crippen molar-refractivity contribution in [2.75, 3.05) is 23.3 Å². The molecule has 172 valence electrons. The van der Waals surface area contributed by atoms with E-state index in [-0.39, 0.29) is 30.1 Å². The zero-order valence-electron chi connectivity index (χ0n) is 18.4. The fraction of sp³-hybridized carbons (Fsp3) is 0.304. The lowest BCUT2D eigenvalue weighted by molar-refractivity contribution is 0.102. The number of piperidine rings is 1. The van der Waals surface area contributed by atoms with Crippen molar-refractivity contribution in [3.63, 3.8) is 0 Å². The van der Waals surface area contributed by atoms with Crippen LogP contribution in [0.15, 0.2) is 47.3 Å². The maximum Gasteiger partial charge on any atom is 0.277 e. The van der Waals surface area contributed by atoms with E-state index in [9.17, 15) is 9.90 Å². The van der Waals surface area contributed by atoms with Gasteiger partial charge in [-0.3, -0.25) is 14.5 Å². The number of carbonyl (C=O) groups excluding carboxylic acids is 1. The maximum absolute atomic E-state index is 13.0. The van der Waals surface area contributed by atoms with Gasteiger partial charge >= 0.3 is 0 Å². The number of aromatic nitrogens is 4. The van der Waals surface area contributed by atoms with E-state index in [1.165, 1.54) is 6.26 Å². The predicted molar refractivity (Wildman–Crippen MR) is 128 cm³/mol. The second-order valence-corrected chi connectivity index (χ2v) is 8.15. The highest BCUT2D eigenvalue weighted by atomic mass is 35.5. The van der Waals surface area contributed by atoms with Crippen LogP contribution in [0.1, 0.15) is 29.0 Å². The third kappa shape index (κ3) is 4.69. The molecule has 1 unspecified atom stereocenters. The molecule has 1 fully saturated rings. The number of carbonyl (C=O) groups is 1. The normalized spacial score (nSPS) is 16.0. The summed E-state index contributed by atoms with van der Waals surface area (Å²) < 4.78 is 7.28. The van der Waals surface area contributed by atoms with Crippen LogP contribution in [0, 0.1) is 6.92 Å². The highest BCUT2D eigenvalue weighted by Gasteiger charge is 2.23. The average Bonchev–Trinajstić information content (AvgIpc) is 3.39. The fourth-order valence-electron chi connectivity index (χ4n) is 4.09. The minimum Gasteiger partial charge on any atom is -0.444 e. The quantitative estimate of drug-likeness (QED) is 0.471. The molecule has 1 aromatic carbocycles. The van der Waals surface area contributed by atoms with Gasteiger partial charge in [-0.2, -0.15) is 5.10 Å². The molecule has 0 aliphatic carbocycles. The number of β-amino-alcohol motifs (C(OH)–C–C–N with tert-alkyl or cyclic N) is 1. The Bertz CT molecular complexity index is 1300. The highest BCUT2D eigenvalue weighted by molar-refractivity contribution is 6.06. The zero-order chi connectivity index (χ0) is 22.2. The van der Waals surface area contributed by atoms with E-state index in [1.54, 1.807) is 16.9 Å². The summed E-state index contributed by atoms with van der Waals surface area (Å²) in [6.07, 6.45) is 6.24. The van der Waals surface area contributed by atoms with Crippen molar-refractivity contribution >= 4 is 40.6 Å². The number of nitrogens with one attached hydrogen (secondary N) is 1. The predicted octanol–water partition coefficient (Wildman–Crippen LogP) is 3.57. The molecule has 0 radical (unpaired) electrons. The molecule has 0 spiro atoms. The number of halogens is 1. The lowest BCUT2D eigenvalue weighted by Crippen LogP contribution is -2.38. The van der Waals surface area contributed by atoms with Crippen LogP contribution >= 0.6 is 12.4 Å². The van der Waals surface area contributed by atoms with Gasteiger partial charge in [-0.25, -0.2) is 4.98 Å². The Balaban J connectivity index is 0.00000259. The number of aryl methyl sites for hydroxylation is 2. The third-order valence-electron chi connectivity index (χ3n) is 5.60. The number of hydrogen-bond donors (Lipinski definition) is 2. The molecule has 1 atom stereocenters. The molecule has 4 aromatic rings. The van der Waals surface area contributed by atoms with Crippen molar-refractivity contribution in [2.45, 2.75) is 25.9 Å². The van der Waals surface area contributed by atoms with E-state index in [1.807, 2.05) is 38.4 Å². The molecule has 4 heterocycles. The Morgan fingerprint density at radius 3 is 2.94 bits per heavy atom. The van der Waals surface area contributed by atoms with Gasteiger partial charge in [0.25, 0.3) is 5.91 Å². The Morgan fingerprint density at radius 1 is 1.30 bits per heavy atom. The molecule has 2 N–H and O–H groups in total. The Labute approximate surface area is 196 Å². The Kier molecular flexibility index (Phi) is 6.35. The largest absolute Gasteiger partial charge is 0.444 e. The third-order valence-corrected chi connectivity index (χ3v) is 5.60. The van der Waals surface area contributed by atoms with E-state index < -0.39 is 0 Å². The second kappa shape index (κ2) is 9.21. The monoisotopic (exact) mass is 468 g/mol. The topological polar surface area (TPSA) is 109 Å². The van der Waals surface area contributed by atoms with Crippen molar-refractivity contribution in [2.24, 2.45) is 7.05 Å². The first-order valence-electron chi connectivity index (χ1n) is 10.6. The number of anilines is 2. The number of rotatable bonds is 4. The van der Waals surface area contributed by atoms with Crippen LogP contribution in [-0.4, -0.2) is 50.0 Å². The van der Waals surface area contributed by atoms with Gasteiger partial charge < -0.3 is 19.7 Å². The van der Waals surface area contributed by atoms with Crippen LogP contribution < -0.4 is 10.2 Å². The molecule has 1 aliphatic rings. The molecule has 3 aromatic heterocycles. The molecule has 1 amide bonds. The summed E-state index contributed by atoms with van der Waals surface area (Å²) >= 11 is 0. The number of nitrogens with zero attached hydrogens (tertiary/aromatic N) is 5. The highest BCUT2D eigenvalue weighted by Crippen LogP contribution is 2.33. The molecule has 33 heavy (non-hydrogen) atoms. The van der Waals surface area contributed by atoms with Gasteiger partial charge in [0.2, 0.25) is 5.89 Å². The van der Waals surface area contributed by atoms with Crippen molar-refractivity contribution < 1.29 is 14.3 Å². The van der Waals surface area contributed by atoms with Gasteiger partial charge in [0, 0.05) is 49.2 Å². The van der Waals surface area contributed by atoms with Crippen LogP contribution in [0.4, 0.5) is 11.4 Å². The number of hydrogen-bond acceptors (Lipinski definition) is 7. The summed E-state index contributed by atoms with van der Waals surface area (Å²) in [6.45, 7) is 3.21. The first-order valence-corrected chi connectivity index (χ1v) is 10.6. The van der Waals surface area contributed by atoms with E-state index in [0.29, 0.717) is 18.1 Å². The number of oxazole rings is 1. The van der Waals surface area contributed by atoms with Crippen molar-refractivity contribution in [1.29, 1.82) is 0 Å². The standard InChI is InChI=1S/C23H24N6O3.ClH/c1-14-8-15(5-6-24-14)23-26-20(13-32-23)22(31)25-19-10-18-16(11-28(2)27-18)9-21(19)29-7-3-4-17(30)12-29;/h5-6,8-11,13,17,30H,3-4,7,12H2,1-2H3,(H,25,31);1H. The number of pyridine rings is 1. The van der Waals surface area contributed by atoms with E-state index in [2.05, 4.69) is 25.3 Å². The van der Waals surface area contributed by atoms with Gasteiger partial charge in [0.15, 0.2) is 5.69 Å². The van der Waals surface area contributed by atoms with Crippen LogP contribution in [-0.2, 0) is 7.05 Å². The second-order valence-electron chi connectivity index (χ2n) is 8.15. The van der Waals surface area contributed by atoms with Crippen molar-refractivity contribution in [1.82, 2.24) is 19.7 Å². The summed E-state index contributed by atoms with van der Waals surface area (Å²) in [5.41, 5.74) is 4.03. The van der Waals surface area contributed by atoms with Crippen LogP contribution in [0.3, 0.4) is 0 Å². The van der Waals surface area contributed by atoms with Crippen molar-refractivity contribution in [3.8, 4) is 11.5 Å². The number of aliphatic hydroxyl groups is 1. The van der Waals surface area contributed by atoms with Crippen LogP contribution in [0.2, 0.25) is 0 Å². The Hall–Kier alpha value is -3.43. The van der Waals surface area contributed by atoms with Gasteiger partial charge in [-0.15, -0.1) is 12.4 Å². The number of benzene rings is 1. The molecule has 10 heteroatoms. The molecule has 0 bridgehead atoms.